The first-order valence-electron chi connectivity index (χ1n) is 5.13. The summed E-state index contributed by atoms with van der Waals surface area (Å²) in [6.07, 6.45) is 2.14. The molecule has 0 aliphatic carbocycles. The van der Waals surface area contributed by atoms with Gasteiger partial charge in [0.05, 0.1) is 12.9 Å². The van der Waals surface area contributed by atoms with Crippen molar-refractivity contribution >= 4 is 5.91 Å². The second kappa shape index (κ2) is 7.29. The second-order valence-electron chi connectivity index (χ2n) is 3.85. The number of hydrogen-bond acceptors (Lipinski definition) is 3. The number of ether oxygens (including phenoxy) is 2. The fourth-order valence-corrected chi connectivity index (χ4v) is 0.792. The Morgan fingerprint density at radius 1 is 1.53 bits per heavy atom. The Bertz CT molecular complexity index is 202. The molecule has 0 aliphatic heterocycles. The van der Waals surface area contributed by atoms with Crippen LogP contribution in [0.2, 0.25) is 0 Å². The molecule has 0 aromatic rings. The molecule has 0 radical (unpaired) electrons. The smallest absolute Gasteiger partial charge is 0.225 e. The summed E-state index contributed by atoms with van der Waals surface area (Å²) in [5.74, 6) is 0.0539. The Balaban J connectivity index is 3.51. The molecule has 15 heavy (non-hydrogen) atoms. The van der Waals surface area contributed by atoms with Gasteiger partial charge in [-0.15, -0.1) is 0 Å². The van der Waals surface area contributed by atoms with Crippen molar-refractivity contribution in [2.24, 2.45) is 5.41 Å². The number of rotatable bonds is 8. The fraction of sp³-hybridized carbons (Fsp3) is 0.727. The monoisotopic (exact) mass is 215 g/mol. The number of carbonyl (C=O) groups excluding carboxylic acids is 1. The van der Waals surface area contributed by atoms with Crippen LogP contribution in [-0.4, -0.2) is 25.9 Å². The molecule has 0 atom stereocenters. The molecule has 0 aromatic carbocycles. The molecule has 0 aliphatic rings. The third-order valence-electron chi connectivity index (χ3n) is 2.30. The summed E-state index contributed by atoms with van der Waals surface area (Å²) in [5.41, 5.74) is -0.308. The molecule has 0 saturated heterocycles. The van der Waals surface area contributed by atoms with Crippen LogP contribution in [-0.2, 0) is 14.3 Å². The zero-order valence-corrected chi connectivity index (χ0v) is 9.84. The third-order valence-corrected chi connectivity index (χ3v) is 2.30. The molecule has 0 unspecified atom stereocenters. The molecule has 88 valence electrons. The molecule has 0 saturated carbocycles. The third kappa shape index (κ3) is 6.12. The highest BCUT2D eigenvalue weighted by molar-refractivity contribution is 5.81. The van der Waals surface area contributed by atoms with Gasteiger partial charge in [-0.2, -0.15) is 0 Å². The van der Waals surface area contributed by atoms with Gasteiger partial charge in [0, 0.05) is 12.0 Å². The van der Waals surface area contributed by atoms with E-state index in [1.165, 1.54) is 6.26 Å². The molecule has 1 amide bonds. The highest BCUT2D eigenvalue weighted by Crippen LogP contribution is 2.18. The first-order valence-corrected chi connectivity index (χ1v) is 5.13. The highest BCUT2D eigenvalue weighted by Gasteiger charge is 2.24. The minimum Gasteiger partial charge on any atom is -0.476 e. The van der Waals surface area contributed by atoms with E-state index < -0.39 is 0 Å². The van der Waals surface area contributed by atoms with E-state index >= 15 is 0 Å². The van der Waals surface area contributed by atoms with Gasteiger partial charge in [0.1, 0.15) is 0 Å². The molecule has 0 rings (SSSR count). The molecular weight excluding hydrogens is 194 g/mol. The molecule has 0 spiro atoms. The lowest BCUT2D eigenvalue weighted by Crippen LogP contribution is -2.38. The van der Waals surface area contributed by atoms with Crippen molar-refractivity contribution in [1.29, 1.82) is 0 Å². The van der Waals surface area contributed by atoms with Crippen molar-refractivity contribution in [3.63, 3.8) is 0 Å². The second-order valence-corrected chi connectivity index (χ2v) is 3.85. The Kier molecular flexibility index (Phi) is 6.79. The first kappa shape index (κ1) is 14.0. The van der Waals surface area contributed by atoms with Crippen LogP contribution >= 0.6 is 0 Å². The largest absolute Gasteiger partial charge is 0.476 e. The van der Waals surface area contributed by atoms with Crippen LogP contribution in [0.4, 0.5) is 0 Å². The van der Waals surface area contributed by atoms with Crippen molar-refractivity contribution in [2.45, 2.75) is 27.2 Å². The zero-order chi connectivity index (χ0) is 11.7. The average molecular weight is 215 g/mol. The van der Waals surface area contributed by atoms with Gasteiger partial charge in [0.25, 0.3) is 0 Å². The predicted octanol–water partition coefficient (Wildman–Crippen LogP) is 1.67. The van der Waals surface area contributed by atoms with Crippen LogP contribution in [0.15, 0.2) is 12.8 Å². The summed E-state index contributed by atoms with van der Waals surface area (Å²) in [4.78, 5) is 11.6. The molecule has 4 heteroatoms. The van der Waals surface area contributed by atoms with Gasteiger partial charge in [-0.25, -0.2) is 0 Å². The summed E-state index contributed by atoms with van der Waals surface area (Å²) < 4.78 is 9.82. The van der Waals surface area contributed by atoms with Gasteiger partial charge in [-0.3, -0.25) is 4.79 Å². The predicted molar refractivity (Wildman–Crippen MR) is 59.2 cm³/mol. The summed E-state index contributed by atoms with van der Waals surface area (Å²) in [5, 5.41) is 2.81. The van der Waals surface area contributed by atoms with Gasteiger partial charge in [0.15, 0.2) is 6.79 Å². The van der Waals surface area contributed by atoms with Crippen LogP contribution in [0.1, 0.15) is 27.2 Å². The summed E-state index contributed by atoms with van der Waals surface area (Å²) in [6, 6.07) is 0. The van der Waals surface area contributed by atoms with Crippen LogP contribution in [0, 0.1) is 5.41 Å². The van der Waals surface area contributed by atoms with Gasteiger partial charge >= 0.3 is 0 Å². The minimum absolute atomic E-state index is 0.0539. The van der Waals surface area contributed by atoms with Crippen molar-refractivity contribution < 1.29 is 14.3 Å². The molecule has 0 fully saturated rings. The number of nitrogens with one attached hydrogen (secondary N) is 1. The SMILES string of the molecule is C=COCOCCNC(=O)C(C)(C)CC. The normalized spacial score (nSPS) is 10.9. The van der Waals surface area contributed by atoms with Crippen molar-refractivity contribution in [1.82, 2.24) is 5.32 Å². The Morgan fingerprint density at radius 3 is 2.73 bits per heavy atom. The van der Waals surface area contributed by atoms with E-state index in [-0.39, 0.29) is 18.1 Å². The standard InChI is InChI=1S/C11H21NO3/c1-5-11(3,4)10(13)12-7-8-15-9-14-6-2/h6H,2,5,7-9H2,1,3-4H3,(H,12,13). The zero-order valence-electron chi connectivity index (χ0n) is 9.84. The van der Waals surface area contributed by atoms with Gasteiger partial charge in [0.2, 0.25) is 5.91 Å². The molecule has 1 N–H and O–H groups in total. The number of amides is 1. The molecule has 0 heterocycles. The topological polar surface area (TPSA) is 47.6 Å². The van der Waals surface area contributed by atoms with E-state index in [2.05, 4.69) is 11.9 Å². The van der Waals surface area contributed by atoms with E-state index in [0.29, 0.717) is 13.2 Å². The van der Waals surface area contributed by atoms with E-state index in [0.717, 1.165) is 6.42 Å². The average Bonchev–Trinajstić information content (AvgIpc) is 2.22. The van der Waals surface area contributed by atoms with Crippen LogP contribution in [0.25, 0.3) is 0 Å². The van der Waals surface area contributed by atoms with Crippen LogP contribution < -0.4 is 5.32 Å². The lowest BCUT2D eigenvalue weighted by molar-refractivity contribution is -0.129. The van der Waals surface area contributed by atoms with Gasteiger partial charge < -0.3 is 14.8 Å². The van der Waals surface area contributed by atoms with Crippen molar-refractivity contribution in [3.05, 3.63) is 12.8 Å². The van der Waals surface area contributed by atoms with E-state index in [4.69, 9.17) is 9.47 Å². The molecule has 0 bridgehead atoms. The summed E-state index contributed by atoms with van der Waals surface area (Å²) >= 11 is 0. The first-order chi connectivity index (χ1) is 7.04. The number of carbonyl (C=O) groups is 1. The lowest BCUT2D eigenvalue weighted by Gasteiger charge is -2.21. The van der Waals surface area contributed by atoms with Crippen LogP contribution in [0.3, 0.4) is 0 Å². The maximum atomic E-state index is 11.6. The molecular formula is C11H21NO3. The summed E-state index contributed by atoms with van der Waals surface area (Å²) in [6.45, 7) is 10.3. The van der Waals surface area contributed by atoms with Crippen molar-refractivity contribution in [2.75, 3.05) is 19.9 Å². The Hall–Kier alpha value is -1.03. The van der Waals surface area contributed by atoms with E-state index in [1.54, 1.807) is 0 Å². The quantitative estimate of drug-likeness (QED) is 0.380. The number of hydrogen-bond donors (Lipinski definition) is 1. The van der Waals surface area contributed by atoms with Crippen molar-refractivity contribution in [3.8, 4) is 0 Å². The van der Waals surface area contributed by atoms with E-state index in [1.807, 2.05) is 20.8 Å². The van der Waals surface area contributed by atoms with Crippen LogP contribution in [0.5, 0.6) is 0 Å². The minimum atomic E-state index is -0.308. The van der Waals surface area contributed by atoms with Gasteiger partial charge in [-0.05, 0) is 6.42 Å². The van der Waals surface area contributed by atoms with E-state index in [9.17, 15) is 4.79 Å². The Labute approximate surface area is 91.6 Å². The lowest BCUT2D eigenvalue weighted by atomic mass is 9.89. The Morgan fingerprint density at radius 2 is 2.20 bits per heavy atom. The maximum absolute atomic E-state index is 11.6. The molecule has 4 nitrogen and oxygen atoms in total. The maximum Gasteiger partial charge on any atom is 0.225 e. The van der Waals surface area contributed by atoms with Gasteiger partial charge in [-0.1, -0.05) is 27.4 Å². The molecule has 0 aromatic heterocycles. The highest BCUT2D eigenvalue weighted by atomic mass is 16.7. The summed E-state index contributed by atoms with van der Waals surface area (Å²) in [7, 11) is 0. The fourth-order valence-electron chi connectivity index (χ4n) is 0.792.